The normalized spacial score (nSPS) is 10.3. The zero-order valence-electron chi connectivity index (χ0n) is 16.1. The zero-order chi connectivity index (χ0) is 20.6. The Morgan fingerprint density at radius 3 is 2.38 bits per heavy atom. The third kappa shape index (κ3) is 5.41. The van der Waals surface area contributed by atoms with Crippen molar-refractivity contribution in [1.29, 1.82) is 0 Å². The summed E-state index contributed by atoms with van der Waals surface area (Å²) < 4.78 is 23.5. The smallest absolute Gasteiger partial charge is 0.270 e. The molecule has 150 valence electrons. The van der Waals surface area contributed by atoms with Crippen molar-refractivity contribution in [2.75, 3.05) is 19.5 Å². The number of halogens is 1. The van der Waals surface area contributed by atoms with Gasteiger partial charge >= 0.3 is 0 Å². The quantitative estimate of drug-likeness (QED) is 0.608. The third-order valence-electron chi connectivity index (χ3n) is 4.19. The van der Waals surface area contributed by atoms with Crippen molar-refractivity contribution >= 4 is 11.7 Å². The number of amides is 1. The predicted molar refractivity (Wildman–Crippen MR) is 106 cm³/mol. The molecule has 2 N–H and O–H groups in total. The van der Waals surface area contributed by atoms with Gasteiger partial charge in [-0.15, -0.1) is 0 Å². The van der Waals surface area contributed by atoms with Gasteiger partial charge in [-0.05, 0) is 35.4 Å². The number of ether oxygens (including phenoxy) is 2. The summed E-state index contributed by atoms with van der Waals surface area (Å²) in [6.45, 7) is 0.755. The van der Waals surface area contributed by atoms with Crippen molar-refractivity contribution in [1.82, 2.24) is 15.3 Å². The van der Waals surface area contributed by atoms with Crippen LogP contribution in [0.2, 0.25) is 0 Å². The minimum absolute atomic E-state index is 0.233. The monoisotopic (exact) mass is 396 g/mol. The van der Waals surface area contributed by atoms with Crippen LogP contribution in [0.4, 0.5) is 10.2 Å². The molecule has 0 fully saturated rings. The molecule has 0 unspecified atom stereocenters. The molecule has 3 aromatic rings. The van der Waals surface area contributed by atoms with Crippen molar-refractivity contribution in [2.45, 2.75) is 13.1 Å². The number of benzene rings is 2. The van der Waals surface area contributed by atoms with Gasteiger partial charge in [0.1, 0.15) is 23.7 Å². The van der Waals surface area contributed by atoms with Gasteiger partial charge in [0.2, 0.25) is 0 Å². The highest BCUT2D eigenvalue weighted by molar-refractivity contribution is 5.92. The van der Waals surface area contributed by atoms with Crippen LogP contribution in [0.3, 0.4) is 0 Å². The maximum Gasteiger partial charge on any atom is 0.270 e. The number of nitrogens with zero attached hydrogens (tertiary/aromatic N) is 2. The van der Waals surface area contributed by atoms with Crippen LogP contribution in [0, 0.1) is 5.82 Å². The largest absolute Gasteiger partial charge is 0.493 e. The lowest BCUT2D eigenvalue weighted by atomic mass is 10.2. The second-order valence-electron chi connectivity index (χ2n) is 6.14. The first-order valence-electron chi connectivity index (χ1n) is 8.88. The second-order valence-corrected chi connectivity index (χ2v) is 6.14. The van der Waals surface area contributed by atoms with E-state index in [0.717, 1.165) is 11.1 Å². The standard InChI is InChI=1S/C21H21FN4O3/c1-28-18-8-5-15(9-19(18)29-2)12-23-20-10-17(25-13-26-20)21(27)24-11-14-3-6-16(22)7-4-14/h3-10,13H,11-12H2,1-2H3,(H,24,27)(H,23,25,26). The Bertz CT molecular complexity index is 980. The molecule has 2 aromatic carbocycles. The molecule has 0 aliphatic heterocycles. The van der Waals surface area contributed by atoms with Gasteiger partial charge in [-0.25, -0.2) is 14.4 Å². The molecule has 0 aliphatic rings. The Hall–Kier alpha value is -3.68. The number of hydrogen-bond acceptors (Lipinski definition) is 6. The lowest BCUT2D eigenvalue weighted by molar-refractivity contribution is 0.0946. The summed E-state index contributed by atoms with van der Waals surface area (Å²) in [6.07, 6.45) is 1.32. The van der Waals surface area contributed by atoms with Gasteiger partial charge in [-0.1, -0.05) is 18.2 Å². The predicted octanol–water partition coefficient (Wildman–Crippen LogP) is 3.18. The van der Waals surface area contributed by atoms with Gasteiger partial charge in [-0.2, -0.15) is 0 Å². The van der Waals surface area contributed by atoms with Gasteiger partial charge in [0, 0.05) is 19.2 Å². The van der Waals surface area contributed by atoms with Gasteiger partial charge in [-0.3, -0.25) is 4.79 Å². The Morgan fingerprint density at radius 1 is 0.931 bits per heavy atom. The number of carbonyl (C=O) groups excluding carboxylic acids is 1. The second kappa shape index (κ2) is 9.50. The molecule has 0 saturated carbocycles. The topological polar surface area (TPSA) is 85.4 Å². The van der Waals surface area contributed by atoms with Gasteiger partial charge in [0.25, 0.3) is 5.91 Å². The summed E-state index contributed by atoms with van der Waals surface area (Å²) in [6, 6.07) is 13.1. The minimum atomic E-state index is -0.342. The van der Waals surface area contributed by atoms with E-state index in [-0.39, 0.29) is 24.0 Å². The summed E-state index contributed by atoms with van der Waals surface area (Å²) >= 11 is 0. The fraction of sp³-hybridized carbons (Fsp3) is 0.190. The van der Waals surface area contributed by atoms with Crippen LogP contribution >= 0.6 is 0 Å². The Kier molecular flexibility index (Phi) is 6.57. The number of anilines is 1. The van der Waals surface area contributed by atoms with Crippen LogP contribution < -0.4 is 20.1 Å². The molecule has 0 radical (unpaired) electrons. The van der Waals surface area contributed by atoms with Crippen molar-refractivity contribution in [3.63, 3.8) is 0 Å². The van der Waals surface area contributed by atoms with E-state index < -0.39 is 0 Å². The summed E-state index contributed by atoms with van der Waals surface area (Å²) in [5.74, 6) is 1.14. The van der Waals surface area contributed by atoms with Crippen LogP contribution in [-0.4, -0.2) is 30.1 Å². The Morgan fingerprint density at radius 2 is 1.66 bits per heavy atom. The maximum absolute atomic E-state index is 12.9. The fourth-order valence-electron chi connectivity index (χ4n) is 2.64. The lowest BCUT2D eigenvalue weighted by Gasteiger charge is -2.11. The van der Waals surface area contributed by atoms with Crippen molar-refractivity contribution in [2.24, 2.45) is 0 Å². The van der Waals surface area contributed by atoms with Crippen molar-refractivity contribution in [3.8, 4) is 11.5 Å². The summed E-state index contributed by atoms with van der Waals surface area (Å²) in [5, 5.41) is 5.91. The first-order chi connectivity index (χ1) is 14.1. The molecule has 7 nitrogen and oxygen atoms in total. The van der Waals surface area contributed by atoms with Crippen LogP contribution in [0.25, 0.3) is 0 Å². The van der Waals surface area contributed by atoms with Gasteiger partial charge in [0.15, 0.2) is 11.5 Å². The van der Waals surface area contributed by atoms with E-state index in [1.54, 1.807) is 32.4 Å². The van der Waals surface area contributed by atoms with E-state index in [1.807, 2.05) is 18.2 Å². The van der Waals surface area contributed by atoms with E-state index in [0.29, 0.717) is 23.9 Å². The fourth-order valence-corrected chi connectivity index (χ4v) is 2.64. The molecule has 1 aromatic heterocycles. The van der Waals surface area contributed by atoms with Crippen molar-refractivity contribution < 1.29 is 18.7 Å². The molecule has 0 bridgehead atoms. The number of hydrogen-bond donors (Lipinski definition) is 2. The average Bonchev–Trinajstić information content (AvgIpc) is 2.77. The van der Waals surface area contributed by atoms with E-state index in [9.17, 15) is 9.18 Å². The molecule has 0 saturated heterocycles. The highest BCUT2D eigenvalue weighted by Crippen LogP contribution is 2.27. The first kappa shape index (κ1) is 20.1. The molecular formula is C21H21FN4O3. The highest BCUT2D eigenvalue weighted by atomic mass is 19.1. The number of aromatic nitrogens is 2. The van der Waals surface area contributed by atoms with E-state index in [2.05, 4.69) is 20.6 Å². The molecule has 0 atom stereocenters. The van der Waals surface area contributed by atoms with E-state index >= 15 is 0 Å². The molecule has 29 heavy (non-hydrogen) atoms. The SMILES string of the molecule is COc1ccc(CNc2cc(C(=O)NCc3ccc(F)cc3)ncn2)cc1OC. The first-order valence-corrected chi connectivity index (χ1v) is 8.88. The molecule has 3 rings (SSSR count). The third-order valence-corrected chi connectivity index (χ3v) is 4.19. The number of carbonyl (C=O) groups is 1. The molecule has 1 amide bonds. The number of methoxy groups -OCH3 is 2. The minimum Gasteiger partial charge on any atom is -0.493 e. The van der Waals surface area contributed by atoms with Crippen molar-refractivity contribution in [3.05, 3.63) is 77.5 Å². The molecule has 1 heterocycles. The molecular weight excluding hydrogens is 375 g/mol. The van der Waals surface area contributed by atoms with Crippen LogP contribution in [0.15, 0.2) is 54.9 Å². The molecule has 0 aliphatic carbocycles. The zero-order valence-corrected chi connectivity index (χ0v) is 16.1. The summed E-state index contributed by atoms with van der Waals surface area (Å²) in [7, 11) is 3.16. The van der Waals surface area contributed by atoms with Crippen LogP contribution in [0.1, 0.15) is 21.6 Å². The van der Waals surface area contributed by atoms with E-state index in [1.165, 1.54) is 18.5 Å². The lowest BCUT2D eigenvalue weighted by Crippen LogP contribution is -2.24. The van der Waals surface area contributed by atoms with Gasteiger partial charge in [0.05, 0.1) is 14.2 Å². The maximum atomic E-state index is 12.9. The summed E-state index contributed by atoms with van der Waals surface area (Å²) in [4.78, 5) is 20.5. The van der Waals surface area contributed by atoms with Gasteiger partial charge < -0.3 is 20.1 Å². The number of rotatable bonds is 8. The Labute approximate surface area is 167 Å². The molecule has 0 spiro atoms. The van der Waals surface area contributed by atoms with Crippen LogP contribution in [0.5, 0.6) is 11.5 Å². The molecule has 8 heteroatoms. The highest BCUT2D eigenvalue weighted by Gasteiger charge is 2.09. The Balaban J connectivity index is 1.60. The average molecular weight is 396 g/mol. The van der Waals surface area contributed by atoms with E-state index in [4.69, 9.17) is 9.47 Å². The summed E-state index contributed by atoms with van der Waals surface area (Å²) in [5.41, 5.74) is 1.99. The number of nitrogens with one attached hydrogen (secondary N) is 2. The van der Waals surface area contributed by atoms with Crippen LogP contribution in [-0.2, 0) is 13.1 Å².